The first kappa shape index (κ1) is 12.7. The first-order chi connectivity index (χ1) is 5.35. The van der Waals surface area contributed by atoms with Crippen LogP contribution >= 0.6 is 23.5 Å². The van der Waals surface area contributed by atoms with E-state index >= 15 is 0 Å². The highest BCUT2D eigenvalue weighted by atomic mass is 32.2. The molecule has 0 N–H and O–H groups in total. The number of thioether (sulfide) groups is 2. The van der Waals surface area contributed by atoms with Crippen LogP contribution in [0, 0.1) is 0 Å². The Labute approximate surface area is 86.3 Å². The predicted molar refractivity (Wildman–Crippen MR) is 64.2 cm³/mol. The fraction of sp³-hybridized carbons (Fsp3) is 1.00. The third-order valence-corrected chi connectivity index (χ3v) is 4.36. The molecule has 0 aromatic heterocycles. The zero-order chi connectivity index (χ0) is 9.78. The summed E-state index contributed by atoms with van der Waals surface area (Å²) in [4.78, 5) is 0. The molecule has 0 bridgehead atoms. The predicted octanol–water partition coefficient (Wildman–Crippen LogP) is 4.40. The van der Waals surface area contributed by atoms with E-state index < -0.39 is 0 Å². The summed E-state index contributed by atoms with van der Waals surface area (Å²) in [5, 5.41) is 0.801. The molecular weight excluding hydrogens is 184 g/mol. The van der Waals surface area contributed by atoms with Crippen LogP contribution in [-0.2, 0) is 0 Å². The topological polar surface area (TPSA) is 0 Å². The van der Waals surface area contributed by atoms with Gasteiger partial charge >= 0.3 is 0 Å². The highest BCUT2D eigenvalue weighted by Gasteiger charge is 2.17. The molecule has 0 amide bonds. The van der Waals surface area contributed by atoms with Gasteiger partial charge in [0.1, 0.15) is 0 Å². The lowest BCUT2D eigenvalue weighted by molar-refractivity contribution is 0.801. The lowest BCUT2D eigenvalue weighted by Gasteiger charge is -2.24. The van der Waals surface area contributed by atoms with Gasteiger partial charge in [-0.15, -0.1) is 23.5 Å². The Morgan fingerprint density at radius 2 is 1.67 bits per heavy atom. The molecule has 2 atom stereocenters. The van der Waals surface area contributed by atoms with Gasteiger partial charge in [-0.1, -0.05) is 34.6 Å². The molecule has 12 heavy (non-hydrogen) atoms. The van der Waals surface area contributed by atoms with E-state index in [0.717, 1.165) is 9.83 Å². The summed E-state index contributed by atoms with van der Waals surface area (Å²) in [5.74, 6) is 0. The van der Waals surface area contributed by atoms with Crippen LogP contribution < -0.4 is 0 Å². The van der Waals surface area contributed by atoms with Crippen molar-refractivity contribution in [2.24, 2.45) is 0 Å². The Kier molecular flexibility index (Phi) is 5.75. The van der Waals surface area contributed by atoms with Gasteiger partial charge in [-0.05, 0) is 13.3 Å². The van der Waals surface area contributed by atoms with Crippen LogP contribution in [0.25, 0.3) is 0 Å². The molecule has 0 aliphatic heterocycles. The van der Waals surface area contributed by atoms with Gasteiger partial charge in [0.05, 0.1) is 0 Å². The molecule has 0 heterocycles. The molecule has 2 unspecified atom stereocenters. The summed E-state index contributed by atoms with van der Waals surface area (Å²) >= 11 is 4.15. The van der Waals surface area contributed by atoms with Crippen LogP contribution in [0.3, 0.4) is 0 Å². The van der Waals surface area contributed by atoms with Crippen LogP contribution in [0.1, 0.15) is 48.0 Å². The van der Waals surface area contributed by atoms with Gasteiger partial charge in [-0.3, -0.25) is 0 Å². The highest BCUT2D eigenvalue weighted by molar-refractivity contribution is 8.17. The Hall–Kier alpha value is 0.700. The van der Waals surface area contributed by atoms with Crippen molar-refractivity contribution in [1.29, 1.82) is 0 Å². The molecule has 0 aliphatic rings. The molecule has 0 radical (unpaired) electrons. The first-order valence-corrected chi connectivity index (χ1v) is 6.50. The molecule has 0 aromatic carbocycles. The summed E-state index contributed by atoms with van der Waals surface area (Å²) in [6, 6.07) is 0. The van der Waals surface area contributed by atoms with Crippen molar-refractivity contribution in [1.82, 2.24) is 0 Å². The van der Waals surface area contributed by atoms with Crippen LogP contribution in [0.4, 0.5) is 0 Å². The Balaban J connectivity index is 3.66. The summed E-state index contributed by atoms with van der Waals surface area (Å²) in [7, 11) is 0. The average Bonchev–Trinajstić information content (AvgIpc) is 1.82. The van der Waals surface area contributed by atoms with Crippen molar-refractivity contribution in [2.45, 2.75) is 62.5 Å². The smallest absolute Gasteiger partial charge is 0.0482 e. The summed E-state index contributed by atoms with van der Waals surface area (Å²) in [5.41, 5.74) is 0. The second-order valence-electron chi connectivity index (χ2n) is 4.15. The van der Waals surface area contributed by atoms with E-state index in [0.29, 0.717) is 4.75 Å². The minimum atomic E-state index is 0.403. The largest absolute Gasteiger partial charge is 0.145 e. The molecule has 0 nitrogen and oxygen atoms in total. The summed E-state index contributed by atoms with van der Waals surface area (Å²) in [6.07, 6.45) is 1.28. The van der Waals surface area contributed by atoms with E-state index in [9.17, 15) is 0 Å². The molecule has 2 heteroatoms. The standard InChI is InChI=1S/C10H22S2/c1-7-8(2)11-9(3)12-10(4,5)6/h8-9H,7H2,1-6H3. The van der Waals surface area contributed by atoms with Gasteiger partial charge in [0.15, 0.2) is 0 Å². The van der Waals surface area contributed by atoms with Crippen LogP contribution in [-0.4, -0.2) is 14.6 Å². The third kappa shape index (κ3) is 7.35. The third-order valence-electron chi connectivity index (χ3n) is 1.52. The molecule has 0 saturated carbocycles. The average molecular weight is 206 g/mol. The van der Waals surface area contributed by atoms with Crippen molar-refractivity contribution in [2.75, 3.05) is 0 Å². The maximum atomic E-state index is 2.31. The summed E-state index contributed by atoms with van der Waals surface area (Å²) < 4.78 is 1.12. The molecule has 0 fully saturated rings. The van der Waals surface area contributed by atoms with Crippen LogP contribution in [0.2, 0.25) is 0 Å². The second kappa shape index (κ2) is 5.43. The molecule has 0 spiro atoms. The fourth-order valence-corrected chi connectivity index (χ4v) is 4.45. The lowest BCUT2D eigenvalue weighted by Crippen LogP contribution is -2.13. The van der Waals surface area contributed by atoms with E-state index in [1.54, 1.807) is 0 Å². The zero-order valence-corrected chi connectivity index (χ0v) is 10.8. The minimum Gasteiger partial charge on any atom is -0.145 e. The van der Waals surface area contributed by atoms with E-state index in [2.05, 4.69) is 65.1 Å². The van der Waals surface area contributed by atoms with Crippen molar-refractivity contribution in [3.63, 3.8) is 0 Å². The molecular formula is C10H22S2. The van der Waals surface area contributed by atoms with E-state index in [1.165, 1.54) is 6.42 Å². The van der Waals surface area contributed by atoms with Gasteiger partial charge in [0.2, 0.25) is 0 Å². The fourth-order valence-electron chi connectivity index (χ4n) is 0.949. The SMILES string of the molecule is CCC(C)SC(C)SC(C)(C)C. The normalized spacial score (nSPS) is 17.5. The van der Waals surface area contributed by atoms with Crippen molar-refractivity contribution in [3.05, 3.63) is 0 Å². The molecule has 74 valence electrons. The Morgan fingerprint density at radius 1 is 1.17 bits per heavy atom. The van der Waals surface area contributed by atoms with Crippen molar-refractivity contribution < 1.29 is 0 Å². The van der Waals surface area contributed by atoms with Gasteiger partial charge in [0, 0.05) is 14.6 Å². The maximum Gasteiger partial charge on any atom is 0.0482 e. The van der Waals surface area contributed by atoms with Crippen molar-refractivity contribution >= 4 is 23.5 Å². The Bertz CT molecular complexity index is 115. The zero-order valence-electron chi connectivity index (χ0n) is 9.18. The van der Waals surface area contributed by atoms with E-state index in [4.69, 9.17) is 0 Å². The van der Waals surface area contributed by atoms with Gasteiger partial charge in [-0.2, -0.15) is 0 Å². The van der Waals surface area contributed by atoms with E-state index in [-0.39, 0.29) is 0 Å². The van der Waals surface area contributed by atoms with Gasteiger partial charge < -0.3 is 0 Å². The van der Waals surface area contributed by atoms with Crippen LogP contribution in [0.15, 0.2) is 0 Å². The van der Waals surface area contributed by atoms with E-state index in [1.807, 2.05) is 0 Å². The lowest BCUT2D eigenvalue weighted by atomic mass is 10.3. The minimum absolute atomic E-state index is 0.403. The number of hydrogen-bond donors (Lipinski definition) is 0. The highest BCUT2D eigenvalue weighted by Crippen LogP contribution is 2.36. The van der Waals surface area contributed by atoms with Crippen molar-refractivity contribution in [3.8, 4) is 0 Å². The second-order valence-corrected chi connectivity index (χ2v) is 8.40. The molecule has 0 aromatic rings. The number of hydrogen-bond acceptors (Lipinski definition) is 2. The number of rotatable bonds is 4. The monoisotopic (exact) mass is 206 g/mol. The van der Waals surface area contributed by atoms with Gasteiger partial charge in [-0.25, -0.2) is 0 Å². The maximum absolute atomic E-state index is 2.31. The van der Waals surface area contributed by atoms with Gasteiger partial charge in [0.25, 0.3) is 0 Å². The first-order valence-electron chi connectivity index (χ1n) is 4.68. The van der Waals surface area contributed by atoms with Crippen LogP contribution in [0.5, 0.6) is 0 Å². The Morgan fingerprint density at radius 3 is 2.00 bits per heavy atom. The molecule has 0 aliphatic carbocycles. The molecule has 0 saturated heterocycles. The summed E-state index contributed by atoms with van der Waals surface area (Å²) in [6.45, 7) is 13.7. The molecule has 0 rings (SSSR count). The quantitative estimate of drug-likeness (QED) is 0.625.